The molecule has 1 heterocycles. The van der Waals surface area contributed by atoms with E-state index in [1.165, 1.54) is 12.1 Å². The minimum Gasteiger partial charge on any atom is -0.380 e. The van der Waals surface area contributed by atoms with Crippen molar-refractivity contribution < 1.29 is 14.1 Å². The van der Waals surface area contributed by atoms with Crippen molar-refractivity contribution in [3.05, 3.63) is 39.7 Å². The molecule has 6 heteroatoms. The van der Waals surface area contributed by atoms with Crippen molar-refractivity contribution >= 4 is 5.69 Å². The Bertz CT molecular complexity index is 459. The summed E-state index contributed by atoms with van der Waals surface area (Å²) in [6, 6.07) is 4.16. The molecule has 0 bridgehead atoms. The van der Waals surface area contributed by atoms with E-state index in [0.717, 1.165) is 18.9 Å². The van der Waals surface area contributed by atoms with Gasteiger partial charge in [0.2, 0.25) is 5.82 Å². The number of halogens is 1. The fourth-order valence-corrected chi connectivity index (χ4v) is 2.24. The van der Waals surface area contributed by atoms with Gasteiger partial charge in [0.05, 0.1) is 11.5 Å². The van der Waals surface area contributed by atoms with Gasteiger partial charge in [-0.3, -0.25) is 10.1 Å². The highest BCUT2D eigenvalue weighted by atomic mass is 19.1. The number of hydrogen-bond donors (Lipinski definition) is 1. The summed E-state index contributed by atoms with van der Waals surface area (Å²) in [7, 11) is 0. The summed E-state index contributed by atoms with van der Waals surface area (Å²) in [5.74, 6) is -0.794. The van der Waals surface area contributed by atoms with Crippen molar-refractivity contribution in [1.82, 2.24) is 0 Å². The van der Waals surface area contributed by atoms with Crippen LogP contribution in [0.4, 0.5) is 10.1 Å². The van der Waals surface area contributed by atoms with Crippen molar-refractivity contribution in [1.29, 1.82) is 0 Å². The first kappa shape index (κ1) is 12.9. The highest BCUT2D eigenvalue weighted by Crippen LogP contribution is 2.26. The molecular formula is C12H15FN2O3. The van der Waals surface area contributed by atoms with Crippen LogP contribution in [0.3, 0.4) is 0 Å². The average molecular weight is 254 g/mol. The van der Waals surface area contributed by atoms with Gasteiger partial charge in [-0.25, -0.2) is 0 Å². The van der Waals surface area contributed by atoms with Gasteiger partial charge in [-0.05, 0) is 24.8 Å². The number of ether oxygens (including phenoxy) is 1. The smallest absolute Gasteiger partial charge is 0.305 e. The second-order valence-electron chi connectivity index (χ2n) is 4.70. The third kappa shape index (κ3) is 2.65. The highest BCUT2D eigenvalue weighted by molar-refractivity contribution is 5.37. The summed E-state index contributed by atoms with van der Waals surface area (Å²) in [5, 5.41) is 10.7. The molecule has 98 valence electrons. The normalized spacial score (nSPS) is 23.9. The van der Waals surface area contributed by atoms with E-state index in [2.05, 4.69) is 0 Å². The van der Waals surface area contributed by atoms with Crippen molar-refractivity contribution in [2.45, 2.75) is 24.8 Å². The van der Waals surface area contributed by atoms with Crippen molar-refractivity contribution in [2.75, 3.05) is 13.2 Å². The van der Waals surface area contributed by atoms with Crippen LogP contribution in [0, 0.1) is 15.9 Å². The zero-order valence-electron chi connectivity index (χ0n) is 9.89. The van der Waals surface area contributed by atoms with Gasteiger partial charge in [0.25, 0.3) is 0 Å². The number of nitro benzene ring substituents is 1. The van der Waals surface area contributed by atoms with E-state index in [-0.39, 0.29) is 12.0 Å². The third-order valence-electron chi connectivity index (χ3n) is 3.15. The largest absolute Gasteiger partial charge is 0.380 e. The number of rotatable bonds is 3. The van der Waals surface area contributed by atoms with Crippen LogP contribution in [0.2, 0.25) is 0 Å². The topological polar surface area (TPSA) is 78.4 Å². The first-order valence-corrected chi connectivity index (χ1v) is 5.80. The molecule has 5 nitrogen and oxygen atoms in total. The number of nitro groups is 1. The van der Waals surface area contributed by atoms with E-state index < -0.39 is 22.0 Å². The van der Waals surface area contributed by atoms with Gasteiger partial charge in [0.1, 0.15) is 0 Å². The number of nitrogens with zero attached hydrogens (tertiary/aromatic N) is 1. The fourth-order valence-electron chi connectivity index (χ4n) is 2.24. The van der Waals surface area contributed by atoms with Gasteiger partial charge in [0.15, 0.2) is 0 Å². The molecule has 0 spiro atoms. The summed E-state index contributed by atoms with van der Waals surface area (Å²) >= 11 is 0. The molecule has 0 saturated carbocycles. The number of nitrogens with two attached hydrogens (primary N) is 1. The zero-order valence-corrected chi connectivity index (χ0v) is 9.89. The minimum absolute atomic E-state index is 0.251. The molecule has 1 fully saturated rings. The average Bonchev–Trinajstić information content (AvgIpc) is 2.32. The summed E-state index contributed by atoms with van der Waals surface area (Å²) in [5.41, 5.74) is 5.26. The molecule has 1 aliphatic rings. The maximum atomic E-state index is 13.9. The maximum absolute atomic E-state index is 13.9. The van der Waals surface area contributed by atoms with E-state index in [1.807, 2.05) is 0 Å². The van der Waals surface area contributed by atoms with Crippen molar-refractivity contribution in [3.8, 4) is 0 Å². The Balaban J connectivity index is 2.23. The maximum Gasteiger partial charge on any atom is 0.305 e. The number of hydrogen-bond acceptors (Lipinski definition) is 4. The van der Waals surface area contributed by atoms with Crippen LogP contribution in [0.25, 0.3) is 0 Å². The van der Waals surface area contributed by atoms with Crippen LogP contribution in [-0.2, 0) is 11.2 Å². The first-order chi connectivity index (χ1) is 8.52. The summed E-state index contributed by atoms with van der Waals surface area (Å²) < 4.78 is 19.2. The predicted octanol–water partition coefficient (Wildman–Crippen LogP) is 1.78. The molecule has 0 amide bonds. The Morgan fingerprint density at radius 3 is 2.94 bits per heavy atom. The lowest BCUT2D eigenvalue weighted by molar-refractivity contribution is -0.387. The van der Waals surface area contributed by atoms with Crippen LogP contribution < -0.4 is 5.73 Å². The molecule has 18 heavy (non-hydrogen) atoms. The summed E-state index contributed by atoms with van der Waals surface area (Å²) in [6.07, 6.45) is 1.81. The fraction of sp³-hybridized carbons (Fsp3) is 0.500. The van der Waals surface area contributed by atoms with Gasteiger partial charge < -0.3 is 10.5 Å². The number of benzene rings is 1. The molecular weight excluding hydrogens is 239 g/mol. The molecule has 1 atom stereocenters. The first-order valence-electron chi connectivity index (χ1n) is 5.80. The quantitative estimate of drug-likeness (QED) is 0.658. The lowest BCUT2D eigenvalue weighted by Crippen LogP contribution is -2.49. The monoisotopic (exact) mass is 254 g/mol. The molecule has 0 aliphatic carbocycles. The van der Waals surface area contributed by atoms with Crippen LogP contribution in [0.1, 0.15) is 18.4 Å². The Hall–Kier alpha value is -1.53. The standard InChI is InChI=1S/C12H15FN2O3/c13-11-9(3-1-4-10(11)15(16)17)7-12(14)5-2-6-18-8-12/h1,3-4H,2,5-8,14H2. The van der Waals surface area contributed by atoms with Crippen molar-refractivity contribution in [2.24, 2.45) is 5.73 Å². The highest BCUT2D eigenvalue weighted by Gasteiger charge is 2.31. The molecule has 1 unspecified atom stereocenters. The third-order valence-corrected chi connectivity index (χ3v) is 3.15. The predicted molar refractivity (Wildman–Crippen MR) is 63.7 cm³/mol. The van der Waals surface area contributed by atoms with E-state index in [4.69, 9.17) is 10.5 Å². The zero-order chi connectivity index (χ0) is 13.2. The summed E-state index contributed by atoms with van der Waals surface area (Å²) in [4.78, 5) is 9.93. The Labute approximate surface area is 104 Å². The minimum atomic E-state index is -0.794. The van der Waals surface area contributed by atoms with Gasteiger partial charge in [0, 0.05) is 18.2 Å². The van der Waals surface area contributed by atoms with E-state index >= 15 is 0 Å². The molecule has 2 N–H and O–H groups in total. The van der Waals surface area contributed by atoms with Crippen molar-refractivity contribution in [3.63, 3.8) is 0 Å². The molecule has 0 radical (unpaired) electrons. The van der Waals surface area contributed by atoms with Gasteiger partial charge >= 0.3 is 5.69 Å². The molecule has 2 rings (SSSR count). The van der Waals surface area contributed by atoms with Crippen LogP contribution in [-0.4, -0.2) is 23.7 Å². The Kier molecular flexibility index (Phi) is 3.58. The van der Waals surface area contributed by atoms with E-state index in [9.17, 15) is 14.5 Å². The van der Waals surface area contributed by atoms with Gasteiger partial charge in [-0.1, -0.05) is 12.1 Å². The molecule has 1 aromatic carbocycles. The second kappa shape index (κ2) is 4.99. The van der Waals surface area contributed by atoms with E-state index in [0.29, 0.717) is 13.2 Å². The molecule has 0 aromatic heterocycles. The Morgan fingerprint density at radius 2 is 2.33 bits per heavy atom. The SMILES string of the molecule is NC1(Cc2cccc([N+](=O)[O-])c2F)CCCOC1. The second-order valence-corrected chi connectivity index (χ2v) is 4.70. The lowest BCUT2D eigenvalue weighted by atomic mass is 9.86. The van der Waals surface area contributed by atoms with Gasteiger partial charge in [-0.15, -0.1) is 0 Å². The molecule has 1 aliphatic heterocycles. The lowest BCUT2D eigenvalue weighted by Gasteiger charge is -2.33. The Morgan fingerprint density at radius 1 is 1.56 bits per heavy atom. The van der Waals surface area contributed by atoms with Crippen LogP contribution >= 0.6 is 0 Å². The molecule has 1 saturated heterocycles. The van der Waals surface area contributed by atoms with E-state index in [1.54, 1.807) is 0 Å². The van der Waals surface area contributed by atoms with Crippen LogP contribution in [0.15, 0.2) is 18.2 Å². The van der Waals surface area contributed by atoms with Crippen LogP contribution in [0.5, 0.6) is 0 Å². The van der Waals surface area contributed by atoms with Gasteiger partial charge in [-0.2, -0.15) is 4.39 Å². The molecule has 1 aromatic rings. The summed E-state index contributed by atoms with van der Waals surface area (Å²) in [6.45, 7) is 1.02.